The molecule has 288 valence electrons. The summed E-state index contributed by atoms with van der Waals surface area (Å²) in [5.74, 6) is 0.126. The van der Waals surface area contributed by atoms with E-state index in [9.17, 15) is 24.6 Å². The summed E-state index contributed by atoms with van der Waals surface area (Å²) in [4.78, 5) is 38.8. The second-order valence-corrected chi connectivity index (χ2v) is 20.0. The molecule has 1 aromatic rings. The Hall–Kier alpha value is -2.51. The normalized spacial score (nSPS) is 37.5. The smallest absolute Gasteiger partial charge is 0.309 e. The lowest BCUT2D eigenvalue weighted by atomic mass is 9.33. The minimum atomic E-state index is -1.16. The number of aliphatic hydroxyl groups excluding tert-OH is 1. The molecule has 52 heavy (non-hydrogen) atoms. The van der Waals surface area contributed by atoms with E-state index in [1.54, 1.807) is 13.8 Å². The van der Waals surface area contributed by atoms with Gasteiger partial charge in [0.05, 0.1) is 17.9 Å². The Labute approximate surface area is 313 Å². The molecule has 0 bridgehead atoms. The Morgan fingerprint density at radius 1 is 0.923 bits per heavy atom. The molecular weight excluding hydrogens is 650 g/mol. The van der Waals surface area contributed by atoms with Crippen molar-refractivity contribution in [1.29, 1.82) is 0 Å². The number of carbonyl (C=O) groups is 3. The van der Waals surface area contributed by atoms with E-state index < -0.39 is 28.9 Å². The highest BCUT2D eigenvalue weighted by atomic mass is 16.5. The molecule has 1 aromatic carbocycles. The summed E-state index contributed by atoms with van der Waals surface area (Å²) in [6.07, 6.45) is 8.28. The molecule has 4 saturated carbocycles. The average Bonchev–Trinajstić information content (AvgIpc) is 3.38. The monoisotopic (exact) mass is 717 g/mol. The van der Waals surface area contributed by atoms with Crippen molar-refractivity contribution >= 4 is 17.7 Å². The number of hydrogen-bond acceptors (Lipinski definition) is 6. The van der Waals surface area contributed by atoms with Crippen LogP contribution in [0.2, 0.25) is 0 Å². The van der Waals surface area contributed by atoms with Crippen LogP contribution in [-0.4, -0.2) is 53.2 Å². The van der Waals surface area contributed by atoms with Crippen molar-refractivity contribution in [3.05, 3.63) is 47.0 Å². The standard InChI is InChI=1S/C45H67NO6/c1-28(2)37-31(47)25-45(34(48)27-46-24-19-29-13-11-10-12-14-29)23-22-43(8)30(38(37)45)15-16-33-42(7)20-18-35(52-36(49)26-40(3,4)39(50)51)41(5,6)32(42)17-21-44(33,43)9/h10-14,28,30,32-35,46,48H,15-27H2,1-9H3,(H,50,51)/t30-,32+,33-,34-,35+,42+,43-,44-,45+/m1/s1. The zero-order valence-corrected chi connectivity index (χ0v) is 33.6. The maximum Gasteiger partial charge on any atom is 0.309 e. The van der Waals surface area contributed by atoms with Crippen LogP contribution in [0.4, 0.5) is 0 Å². The first-order valence-corrected chi connectivity index (χ1v) is 20.4. The van der Waals surface area contributed by atoms with Crippen molar-refractivity contribution in [2.45, 2.75) is 145 Å². The number of benzene rings is 1. The predicted octanol–water partition coefficient (Wildman–Crippen LogP) is 8.57. The van der Waals surface area contributed by atoms with Gasteiger partial charge in [0.1, 0.15) is 6.10 Å². The van der Waals surface area contributed by atoms with Crippen LogP contribution in [-0.2, 0) is 25.5 Å². The Balaban J connectivity index is 1.24. The Bertz CT molecular complexity index is 1580. The fourth-order valence-corrected chi connectivity index (χ4v) is 13.2. The van der Waals surface area contributed by atoms with E-state index in [-0.39, 0.29) is 51.8 Å². The number of aliphatic carboxylic acids is 1. The SMILES string of the molecule is CC(C)C1=C2[C@H]3CC[C@@H]4[C@@]5(C)CC[C@H](OC(=O)CC(C)(C)C(=O)O)C(C)(C)[C@@H]5CC[C@@]4(C)[C@]3(C)CC[C@@]2([C@H](O)CNCCc2ccccc2)CC1=O. The maximum absolute atomic E-state index is 14.0. The lowest BCUT2D eigenvalue weighted by molar-refractivity contribution is -0.235. The second kappa shape index (κ2) is 13.7. The first-order chi connectivity index (χ1) is 24.2. The van der Waals surface area contributed by atoms with E-state index in [0.717, 1.165) is 69.9 Å². The largest absolute Gasteiger partial charge is 0.481 e. The fourth-order valence-electron chi connectivity index (χ4n) is 13.2. The van der Waals surface area contributed by atoms with Gasteiger partial charge in [-0.05, 0) is 129 Å². The summed E-state index contributed by atoms with van der Waals surface area (Å²) < 4.78 is 6.17. The molecule has 0 aromatic heterocycles. The number of esters is 1. The van der Waals surface area contributed by atoms with Gasteiger partial charge in [0.25, 0.3) is 0 Å². The molecule has 7 nitrogen and oxygen atoms in total. The van der Waals surface area contributed by atoms with E-state index in [1.807, 2.05) is 6.07 Å². The molecule has 0 saturated heterocycles. The van der Waals surface area contributed by atoms with Gasteiger partial charge in [-0.2, -0.15) is 0 Å². The van der Waals surface area contributed by atoms with Gasteiger partial charge in [-0.15, -0.1) is 0 Å². The Morgan fingerprint density at radius 2 is 1.62 bits per heavy atom. The summed E-state index contributed by atoms with van der Waals surface area (Å²) in [5, 5.41) is 25.3. The molecule has 0 aliphatic heterocycles. The highest BCUT2D eigenvalue weighted by Gasteiger charge is 2.70. The van der Waals surface area contributed by atoms with Crippen LogP contribution in [0.1, 0.15) is 132 Å². The van der Waals surface area contributed by atoms with Gasteiger partial charge in [-0.3, -0.25) is 14.4 Å². The number of aliphatic hydroxyl groups is 1. The number of carboxylic acids is 1. The van der Waals surface area contributed by atoms with Crippen LogP contribution in [0.15, 0.2) is 41.5 Å². The number of ether oxygens (including phenoxy) is 1. The van der Waals surface area contributed by atoms with Gasteiger partial charge in [-0.25, -0.2) is 0 Å². The van der Waals surface area contributed by atoms with E-state index >= 15 is 0 Å². The number of fused-ring (bicyclic) bond motifs is 7. The first-order valence-electron chi connectivity index (χ1n) is 20.4. The topological polar surface area (TPSA) is 113 Å². The van der Waals surface area contributed by atoms with Crippen molar-refractivity contribution in [1.82, 2.24) is 5.32 Å². The van der Waals surface area contributed by atoms with Gasteiger partial charge in [-0.1, -0.05) is 84.4 Å². The molecule has 0 amide bonds. The molecular formula is C45H67NO6. The molecule has 5 aliphatic rings. The van der Waals surface area contributed by atoms with Crippen molar-refractivity contribution in [3.8, 4) is 0 Å². The molecule has 4 fully saturated rings. The third kappa shape index (κ3) is 6.12. The highest BCUT2D eigenvalue weighted by molar-refractivity contribution is 6.00. The molecule has 0 heterocycles. The van der Waals surface area contributed by atoms with E-state index in [2.05, 4.69) is 78.0 Å². The van der Waals surface area contributed by atoms with Gasteiger partial charge in [0.2, 0.25) is 0 Å². The molecule has 3 N–H and O–H groups in total. The molecule has 5 aliphatic carbocycles. The number of nitrogens with one attached hydrogen (secondary N) is 1. The molecule has 6 rings (SSSR count). The summed E-state index contributed by atoms with van der Waals surface area (Å²) in [6, 6.07) is 10.4. The van der Waals surface area contributed by atoms with Crippen LogP contribution in [0, 0.1) is 56.2 Å². The average molecular weight is 718 g/mol. The lowest BCUT2D eigenvalue weighted by Crippen LogP contribution is -2.66. The lowest BCUT2D eigenvalue weighted by Gasteiger charge is -2.72. The van der Waals surface area contributed by atoms with Crippen LogP contribution < -0.4 is 5.32 Å². The molecule has 9 atom stereocenters. The Morgan fingerprint density at radius 3 is 2.27 bits per heavy atom. The van der Waals surface area contributed by atoms with Crippen LogP contribution in [0.3, 0.4) is 0 Å². The minimum Gasteiger partial charge on any atom is -0.481 e. The van der Waals surface area contributed by atoms with E-state index in [0.29, 0.717) is 24.8 Å². The van der Waals surface area contributed by atoms with Crippen molar-refractivity contribution in [3.63, 3.8) is 0 Å². The van der Waals surface area contributed by atoms with Gasteiger partial charge >= 0.3 is 11.9 Å². The van der Waals surface area contributed by atoms with Crippen molar-refractivity contribution in [2.75, 3.05) is 13.1 Å². The molecule has 0 radical (unpaired) electrons. The minimum absolute atomic E-state index is 0.00379. The second-order valence-electron chi connectivity index (χ2n) is 20.0. The zero-order valence-electron chi connectivity index (χ0n) is 33.6. The molecule has 7 heteroatoms. The number of hydrogen-bond donors (Lipinski definition) is 3. The quantitative estimate of drug-likeness (QED) is 0.155. The summed E-state index contributed by atoms with van der Waals surface area (Å²) in [7, 11) is 0. The van der Waals surface area contributed by atoms with Crippen LogP contribution in [0.25, 0.3) is 0 Å². The van der Waals surface area contributed by atoms with Gasteiger partial charge in [0, 0.05) is 23.8 Å². The maximum atomic E-state index is 14.0. The summed E-state index contributed by atoms with van der Waals surface area (Å²) in [5.41, 5.74) is 1.85. The summed E-state index contributed by atoms with van der Waals surface area (Å²) >= 11 is 0. The van der Waals surface area contributed by atoms with Crippen molar-refractivity contribution < 1.29 is 29.3 Å². The number of carboxylic acid groups (broad SMARTS) is 1. The zero-order chi connectivity index (χ0) is 38.1. The molecule has 0 spiro atoms. The number of rotatable bonds is 11. The number of ketones is 1. The van der Waals surface area contributed by atoms with E-state index in [1.165, 1.54) is 11.1 Å². The van der Waals surface area contributed by atoms with Crippen LogP contribution in [0.5, 0.6) is 0 Å². The summed E-state index contributed by atoms with van der Waals surface area (Å²) in [6.45, 7) is 21.0. The predicted molar refractivity (Wildman–Crippen MR) is 204 cm³/mol. The number of allylic oxidation sites excluding steroid dienone is 1. The Kier molecular flexibility index (Phi) is 10.3. The van der Waals surface area contributed by atoms with Gasteiger partial charge in [0.15, 0.2) is 5.78 Å². The third-order valence-electron chi connectivity index (χ3n) is 16.3. The van der Waals surface area contributed by atoms with Crippen molar-refractivity contribution in [2.24, 2.45) is 56.2 Å². The highest BCUT2D eigenvalue weighted by Crippen LogP contribution is 2.77. The fraction of sp³-hybridized carbons (Fsp3) is 0.756. The van der Waals surface area contributed by atoms with E-state index in [4.69, 9.17) is 4.74 Å². The van der Waals surface area contributed by atoms with Crippen LogP contribution >= 0.6 is 0 Å². The first kappa shape index (κ1) is 39.2. The van der Waals surface area contributed by atoms with Gasteiger partial charge < -0.3 is 20.3 Å². The number of Topliss-reactive ketones (excluding diaryl/α,β-unsaturated/α-hetero) is 1. The number of carbonyl (C=O) groups excluding carboxylic acids is 2. The molecule has 0 unspecified atom stereocenters. The third-order valence-corrected chi connectivity index (χ3v) is 16.3.